The van der Waals surface area contributed by atoms with Crippen LogP contribution in [0.1, 0.15) is 99.8 Å². The van der Waals surface area contributed by atoms with E-state index >= 15 is 0 Å². The number of hydrogen-bond donors (Lipinski definition) is 0. The van der Waals surface area contributed by atoms with E-state index in [0.717, 1.165) is 35.9 Å². The zero-order valence-corrected chi connectivity index (χ0v) is 40.2. The van der Waals surface area contributed by atoms with Crippen LogP contribution in [0.3, 0.4) is 0 Å². The average molecular weight is 879 g/mol. The molecule has 4 aromatic carbocycles. The summed E-state index contributed by atoms with van der Waals surface area (Å²) in [6.45, 7) is 20.2. The molecule has 0 saturated carbocycles. The van der Waals surface area contributed by atoms with Gasteiger partial charge in [0.25, 0.3) is 0 Å². The minimum Gasteiger partial charge on any atom is -0.147 e. The first kappa shape index (κ1) is 42.2. The largest absolute Gasteiger partial charge is 0.147 e. The number of fused-ring (bicyclic) bond motifs is 2. The van der Waals surface area contributed by atoms with Crippen LogP contribution in [0, 0.1) is 41.5 Å². The fraction of sp³-hybridized carbons (Fsp3) is 0.280. The summed E-state index contributed by atoms with van der Waals surface area (Å²) in [5, 5.41) is 0. The molecule has 2 aliphatic rings. The van der Waals surface area contributed by atoms with Crippen molar-refractivity contribution in [1.29, 1.82) is 0 Å². The maximum Gasteiger partial charge on any atom is -0.147 e. The quantitative estimate of drug-likeness (QED) is 0.142. The summed E-state index contributed by atoms with van der Waals surface area (Å²) < 4.78 is 19.1. The van der Waals surface area contributed by atoms with Crippen molar-refractivity contribution in [2.45, 2.75) is 84.7 Å². The summed E-state index contributed by atoms with van der Waals surface area (Å²) in [7, 11) is 0. The molecule has 6 heteroatoms. The van der Waals surface area contributed by atoms with Gasteiger partial charge in [-0.2, -0.15) is 0 Å². The zero-order valence-electron chi connectivity index (χ0n) is 34.6. The second-order valence-corrected chi connectivity index (χ2v) is 47.8. The molecule has 0 saturated heterocycles. The fourth-order valence-electron chi connectivity index (χ4n) is 9.90. The van der Waals surface area contributed by atoms with Gasteiger partial charge >= 0.3 is 327 Å². The molecule has 0 radical (unpaired) electrons. The first-order valence-electron chi connectivity index (χ1n) is 19.8. The standard InChI is InChI=1S/2C24H23O.2CH3.2ClH.H2Si.Zr/c2*1-5-18-7-9-19(10-8-18)24-17(4)15(2)12-20-13-21(14-22(20)24)23-11-6-16(3)25-23;;;;;;/h2*6-14H,5H2,1-4H3;2*1H3;2*1H;1H2;. The fourth-order valence-corrected chi connectivity index (χ4v) is 28.3. The third-order valence-electron chi connectivity index (χ3n) is 12.9. The average Bonchev–Trinajstić information content (AvgIpc) is 3.95. The van der Waals surface area contributed by atoms with Crippen molar-refractivity contribution in [1.82, 2.24) is 0 Å². The van der Waals surface area contributed by atoms with E-state index in [0.29, 0.717) is 0 Å². The molecule has 56 heavy (non-hydrogen) atoms. The van der Waals surface area contributed by atoms with Gasteiger partial charge in [-0.25, -0.2) is 0 Å². The third-order valence-corrected chi connectivity index (χ3v) is 30.1. The molecule has 0 fully saturated rings. The van der Waals surface area contributed by atoms with Crippen molar-refractivity contribution in [3.8, 4) is 22.3 Å². The van der Waals surface area contributed by atoms with E-state index in [1.54, 1.807) is 0 Å². The summed E-state index contributed by atoms with van der Waals surface area (Å²) in [6.07, 6.45) is 7.10. The van der Waals surface area contributed by atoms with Crippen LogP contribution in [0.25, 0.3) is 45.6 Å². The van der Waals surface area contributed by atoms with Crippen molar-refractivity contribution in [2.75, 3.05) is 0 Å². The molecule has 2 unspecified atom stereocenters. The smallest absolute Gasteiger partial charge is 0.147 e. The van der Waals surface area contributed by atoms with Gasteiger partial charge in [-0.1, -0.05) is 0 Å². The van der Waals surface area contributed by atoms with Gasteiger partial charge in [0.15, 0.2) is 0 Å². The summed E-state index contributed by atoms with van der Waals surface area (Å²) in [6, 6.07) is 32.3. The van der Waals surface area contributed by atoms with Crippen LogP contribution in [-0.4, -0.2) is 6.88 Å². The van der Waals surface area contributed by atoms with Crippen LogP contribution >= 0.6 is 24.8 Å². The van der Waals surface area contributed by atoms with Gasteiger partial charge in [0.2, 0.25) is 0 Å². The van der Waals surface area contributed by atoms with E-state index < -0.39 is 17.4 Å². The predicted octanol–water partition coefficient (Wildman–Crippen LogP) is 14.3. The van der Waals surface area contributed by atoms with Crippen LogP contribution in [-0.2, 0) is 30.2 Å². The molecule has 0 N–H and O–H groups in total. The first-order chi connectivity index (χ1) is 25.7. The number of rotatable bonds is 8. The van der Waals surface area contributed by atoms with Crippen LogP contribution in [0.5, 0.6) is 0 Å². The SMILES string of the molecule is CCc1ccc(-c2c(C)c(C)cc3c2C=C(c2ccc(C)o2)[CH]3[Zr]([CH3])([CH3])(=[SiH2])[CH]2C(c3ccc(C)o3)=Cc3c2cc(C)c(C)c3-c2ccc(CC)cc2)cc1.Cl.Cl. The molecule has 0 bridgehead atoms. The van der Waals surface area contributed by atoms with Crippen molar-refractivity contribution in [3.05, 3.63) is 164 Å². The second-order valence-electron chi connectivity index (χ2n) is 17.3. The number of aryl methyl sites for hydroxylation is 6. The minimum atomic E-state index is -4.22. The van der Waals surface area contributed by atoms with Crippen molar-refractivity contribution >= 4 is 55.0 Å². The number of furan rings is 2. The molecule has 2 aromatic heterocycles. The molecule has 6 aromatic rings. The van der Waals surface area contributed by atoms with Crippen LogP contribution in [0.2, 0.25) is 9.26 Å². The van der Waals surface area contributed by atoms with Crippen molar-refractivity contribution < 1.29 is 26.2 Å². The van der Waals surface area contributed by atoms with E-state index in [9.17, 15) is 0 Å². The maximum atomic E-state index is 6.62. The molecule has 2 nitrogen and oxygen atoms in total. The molecule has 290 valence electrons. The van der Waals surface area contributed by atoms with Gasteiger partial charge in [0.05, 0.1) is 0 Å². The van der Waals surface area contributed by atoms with Crippen LogP contribution < -0.4 is 0 Å². The Hall–Kier alpha value is -3.40. The molecule has 2 heterocycles. The van der Waals surface area contributed by atoms with E-state index in [1.165, 1.54) is 89.0 Å². The Kier molecular flexibility index (Phi) is 11.6. The molecule has 2 aliphatic carbocycles. The van der Waals surface area contributed by atoms with Gasteiger partial charge in [0.1, 0.15) is 0 Å². The van der Waals surface area contributed by atoms with Crippen LogP contribution in [0.15, 0.2) is 93.8 Å². The van der Waals surface area contributed by atoms with Gasteiger partial charge in [-0.3, -0.25) is 0 Å². The number of halogens is 2. The maximum absolute atomic E-state index is 6.62. The monoisotopic (exact) mass is 876 g/mol. The van der Waals surface area contributed by atoms with E-state index in [1.807, 2.05) is 0 Å². The van der Waals surface area contributed by atoms with Crippen molar-refractivity contribution in [2.24, 2.45) is 0 Å². The Morgan fingerprint density at radius 3 is 1.20 bits per heavy atom. The molecular formula is C50H56Cl2O2SiZr. The Balaban J connectivity index is 0.00000266. The van der Waals surface area contributed by atoms with Crippen LogP contribution in [0.4, 0.5) is 0 Å². The topological polar surface area (TPSA) is 26.3 Å². The Morgan fingerprint density at radius 1 is 0.536 bits per heavy atom. The van der Waals surface area contributed by atoms with E-state index in [-0.39, 0.29) is 32.1 Å². The molecule has 0 spiro atoms. The number of benzene rings is 4. The first-order valence-corrected chi connectivity index (χ1v) is 33.5. The van der Waals surface area contributed by atoms with Gasteiger partial charge in [0, 0.05) is 0 Å². The van der Waals surface area contributed by atoms with Gasteiger partial charge in [-0.15, -0.1) is 24.8 Å². The summed E-state index contributed by atoms with van der Waals surface area (Å²) in [5.41, 5.74) is 21.8. The van der Waals surface area contributed by atoms with E-state index in [4.69, 9.17) is 8.83 Å². The van der Waals surface area contributed by atoms with Crippen molar-refractivity contribution in [3.63, 3.8) is 0 Å². The summed E-state index contributed by atoms with van der Waals surface area (Å²) in [5.74, 6) is 3.90. The third kappa shape index (κ3) is 6.87. The zero-order chi connectivity index (χ0) is 38.3. The van der Waals surface area contributed by atoms with Gasteiger partial charge < -0.3 is 0 Å². The summed E-state index contributed by atoms with van der Waals surface area (Å²) in [4.78, 5) is 0. The molecule has 2 atom stereocenters. The molecule has 0 amide bonds. The molecular weight excluding hydrogens is 823 g/mol. The predicted molar refractivity (Wildman–Crippen MR) is 244 cm³/mol. The Labute approximate surface area is 349 Å². The minimum absolute atomic E-state index is 0. The number of allylic oxidation sites excluding steroid dienone is 2. The van der Waals surface area contributed by atoms with E-state index in [2.05, 4.69) is 169 Å². The molecule has 8 rings (SSSR count). The number of hydrogen-bond acceptors (Lipinski definition) is 2. The van der Waals surface area contributed by atoms with Gasteiger partial charge in [-0.05, 0) is 0 Å². The Bertz CT molecular complexity index is 2440. The molecule has 0 aliphatic heterocycles. The normalized spacial score (nSPS) is 16.1. The Morgan fingerprint density at radius 2 is 0.893 bits per heavy atom. The summed E-state index contributed by atoms with van der Waals surface area (Å²) >= 11 is -4.22. The second kappa shape index (κ2) is 15.4.